The molecule has 0 amide bonds. The van der Waals surface area contributed by atoms with Crippen LogP contribution in [0.4, 0.5) is 0 Å². The fourth-order valence-electron chi connectivity index (χ4n) is 2.16. The third kappa shape index (κ3) is 2.58. The summed E-state index contributed by atoms with van der Waals surface area (Å²) in [4.78, 5) is 0. The molecule has 1 heterocycles. The highest BCUT2D eigenvalue weighted by atomic mass is 16.7. The normalized spacial score (nSPS) is 30.7. The van der Waals surface area contributed by atoms with E-state index in [9.17, 15) is 0 Å². The third-order valence-corrected chi connectivity index (χ3v) is 3.08. The van der Waals surface area contributed by atoms with Crippen molar-refractivity contribution in [3.05, 3.63) is 35.9 Å². The maximum absolute atomic E-state index is 5.65. The second-order valence-electron chi connectivity index (χ2n) is 4.41. The first-order chi connectivity index (χ1) is 7.22. The molecule has 2 rings (SSSR count). The van der Waals surface area contributed by atoms with E-state index in [1.54, 1.807) is 7.11 Å². The lowest BCUT2D eigenvalue weighted by atomic mass is 9.96. The zero-order valence-electron chi connectivity index (χ0n) is 9.40. The van der Waals surface area contributed by atoms with E-state index in [4.69, 9.17) is 9.47 Å². The van der Waals surface area contributed by atoms with Gasteiger partial charge in [-0.2, -0.15) is 0 Å². The number of benzene rings is 1. The minimum absolute atomic E-state index is 0.362. The van der Waals surface area contributed by atoms with Crippen LogP contribution in [0.15, 0.2) is 30.3 Å². The SMILES string of the molecule is COC1(C)CC(Cc2ccccc2)CO1. The van der Waals surface area contributed by atoms with Crippen molar-refractivity contribution in [1.82, 2.24) is 0 Å². The van der Waals surface area contributed by atoms with Gasteiger partial charge in [-0.05, 0) is 24.8 Å². The van der Waals surface area contributed by atoms with Crippen molar-refractivity contribution in [2.75, 3.05) is 13.7 Å². The molecule has 15 heavy (non-hydrogen) atoms. The Morgan fingerprint density at radius 3 is 2.73 bits per heavy atom. The summed E-state index contributed by atoms with van der Waals surface area (Å²) in [5.41, 5.74) is 1.38. The first-order valence-corrected chi connectivity index (χ1v) is 5.45. The van der Waals surface area contributed by atoms with Gasteiger partial charge >= 0.3 is 0 Å². The number of hydrogen-bond acceptors (Lipinski definition) is 2. The van der Waals surface area contributed by atoms with Crippen LogP contribution in [0.3, 0.4) is 0 Å². The van der Waals surface area contributed by atoms with Crippen LogP contribution in [0.1, 0.15) is 18.9 Å². The van der Waals surface area contributed by atoms with Crippen molar-refractivity contribution in [3.63, 3.8) is 0 Å². The summed E-state index contributed by atoms with van der Waals surface area (Å²) in [6.07, 6.45) is 2.07. The van der Waals surface area contributed by atoms with Crippen molar-refractivity contribution in [2.24, 2.45) is 5.92 Å². The van der Waals surface area contributed by atoms with Crippen LogP contribution in [0.2, 0.25) is 0 Å². The van der Waals surface area contributed by atoms with E-state index in [2.05, 4.69) is 24.3 Å². The molecular formula is C13H18O2. The maximum atomic E-state index is 5.65. The summed E-state index contributed by atoms with van der Waals surface area (Å²) in [5.74, 6) is 0.219. The Morgan fingerprint density at radius 2 is 2.13 bits per heavy atom. The molecule has 2 heteroatoms. The fraction of sp³-hybridized carbons (Fsp3) is 0.538. The molecule has 1 saturated heterocycles. The van der Waals surface area contributed by atoms with E-state index in [0.717, 1.165) is 19.4 Å². The van der Waals surface area contributed by atoms with Crippen LogP contribution in [0.5, 0.6) is 0 Å². The molecule has 82 valence electrons. The molecule has 1 aliphatic rings. The average Bonchev–Trinajstić information content (AvgIpc) is 2.63. The topological polar surface area (TPSA) is 18.5 Å². The first-order valence-electron chi connectivity index (χ1n) is 5.45. The van der Waals surface area contributed by atoms with Gasteiger partial charge in [0.25, 0.3) is 0 Å². The van der Waals surface area contributed by atoms with E-state index in [1.807, 2.05) is 13.0 Å². The molecule has 2 nitrogen and oxygen atoms in total. The highest BCUT2D eigenvalue weighted by molar-refractivity contribution is 5.15. The molecular weight excluding hydrogens is 188 g/mol. The molecule has 1 fully saturated rings. The molecule has 1 aromatic rings. The summed E-state index contributed by atoms with van der Waals surface area (Å²) in [6, 6.07) is 10.6. The average molecular weight is 206 g/mol. The van der Waals surface area contributed by atoms with Crippen LogP contribution in [-0.4, -0.2) is 19.5 Å². The Labute approximate surface area is 91.2 Å². The van der Waals surface area contributed by atoms with Crippen molar-refractivity contribution in [3.8, 4) is 0 Å². The highest BCUT2D eigenvalue weighted by Gasteiger charge is 2.35. The van der Waals surface area contributed by atoms with Crippen LogP contribution in [0, 0.1) is 5.92 Å². The Bertz CT molecular complexity index is 310. The summed E-state index contributed by atoms with van der Waals surface area (Å²) < 4.78 is 11.0. The number of rotatable bonds is 3. The van der Waals surface area contributed by atoms with Crippen molar-refractivity contribution in [1.29, 1.82) is 0 Å². The molecule has 0 aromatic heterocycles. The second-order valence-corrected chi connectivity index (χ2v) is 4.41. The van der Waals surface area contributed by atoms with Crippen LogP contribution >= 0.6 is 0 Å². The zero-order valence-corrected chi connectivity index (χ0v) is 9.40. The summed E-state index contributed by atoms with van der Waals surface area (Å²) in [6.45, 7) is 2.82. The lowest BCUT2D eigenvalue weighted by molar-refractivity contribution is -0.178. The number of methoxy groups -OCH3 is 1. The Kier molecular flexibility index (Phi) is 3.08. The molecule has 1 aliphatic heterocycles. The first kappa shape index (κ1) is 10.7. The van der Waals surface area contributed by atoms with Gasteiger partial charge in [0.05, 0.1) is 6.61 Å². The number of ether oxygens (including phenoxy) is 2. The molecule has 2 atom stereocenters. The van der Waals surface area contributed by atoms with Gasteiger partial charge in [0.2, 0.25) is 0 Å². The van der Waals surface area contributed by atoms with Gasteiger partial charge in [-0.1, -0.05) is 30.3 Å². The third-order valence-electron chi connectivity index (χ3n) is 3.08. The molecule has 0 spiro atoms. The maximum Gasteiger partial charge on any atom is 0.165 e. The smallest absolute Gasteiger partial charge is 0.165 e. The minimum atomic E-state index is -0.362. The quantitative estimate of drug-likeness (QED) is 0.757. The monoisotopic (exact) mass is 206 g/mol. The van der Waals surface area contributed by atoms with Gasteiger partial charge in [-0.25, -0.2) is 0 Å². The molecule has 2 unspecified atom stereocenters. The van der Waals surface area contributed by atoms with Gasteiger partial charge in [-0.15, -0.1) is 0 Å². The van der Waals surface area contributed by atoms with E-state index < -0.39 is 0 Å². The Hall–Kier alpha value is -0.860. The molecule has 0 aliphatic carbocycles. The van der Waals surface area contributed by atoms with E-state index >= 15 is 0 Å². The second kappa shape index (κ2) is 4.33. The highest BCUT2D eigenvalue weighted by Crippen LogP contribution is 2.32. The fourth-order valence-corrected chi connectivity index (χ4v) is 2.16. The largest absolute Gasteiger partial charge is 0.353 e. The van der Waals surface area contributed by atoms with Gasteiger partial charge < -0.3 is 9.47 Å². The summed E-state index contributed by atoms with van der Waals surface area (Å²) in [5, 5.41) is 0. The summed E-state index contributed by atoms with van der Waals surface area (Å²) >= 11 is 0. The standard InChI is InChI=1S/C13H18O2/c1-13(14-2)9-12(10-15-13)8-11-6-4-3-5-7-11/h3-7,12H,8-10H2,1-2H3. The molecule has 0 bridgehead atoms. The molecule has 1 aromatic carbocycles. The predicted molar refractivity (Wildman–Crippen MR) is 59.6 cm³/mol. The lowest BCUT2D eigenvalue weighted by Crippen LogP contribution is -2.25. The Balaban J connectivity index is 1.93. The van der Waals surface area contributed by atoms with Gasteiger partial charge in [0.15, 0.2) is 5.79 Å². The van der Waals surface area contributed by atoms with Gasteiger partial charge in [0.1, 0.15) is 0 Å². The van der Waals surface area contributed by atoms with E-state index in [0.29, 0.717) is 5.92 Å². The van der Waals surface area contributed by atoms with Crippen molar-refractivity contribution in [2.45, 2.75) is 25.6 Å². The zero-order chi connectivity index (χ0) is 10.7. The molecule has 0 saturated carbocycles. The summed E-state index contributed by atoms with van der Waals surface area (Å²) in [7, 11) is 1.71. The Morgan fingerprint density at radius 1 is 1.40 bits per heavy atom. The molecule has 0 N–H and O–H groups in total. The molecule has 0 radical (unpaired) electrons. The van der Waals surface area contributed by atoms with Crippen LogP contribution in [0.25, 0.3) is 0 Å². The van der Waals surface area contributed by atoms with E-state index in [-0.39, 0.29) is 5.79 Å². The number of hydrogen-bond donors (Lipinski definition) is 0. The van der Waals surface area contributed by atoms with E-state index in [1.165, 1.54) is 5.56 Å². The van der Waals surface area contributed by atoms with Crippen LogP contribution in [-0.2, 0) is 15.9 Å². The van der Waals surface area contributed by atoms with Gasteiger partial charge in [-0.3, -0.25) is 0 Å². The van der Waals surface area contributed by atoms with Crippen LogP contribution < -0.4 is 0 Å². The minimum Gasteiger partial charge on any atom is -0.353 e. The van der Waals surface area contributed by atoms with Crippen molar-refractivity contribution >= 4 is 0 Å². The predicted octanol–water partition coefficient (Wildman–Crippen LogP) is 2.63. The van der Waals surface area contributed by atoms with Gasteiger partial charge in [0, 0.05) is 13.5 Å². The van der Waals surface area contributed by atoms with Crippen molar-refractivity contribution < 1.29 is 9.47 Å². The lowest BCUT2D eigenvalue weighted by Gasteiger charge is -2.20.